The van der Waals surface area contributed by atoms with Crippen LogP contribution in [0.15, 0.2) is 24.3 Å². The standard InChI is InChI=1S/C16H21N3O4/c17-13-5-10-3-1-2-4-14(10)19(16(13)23)9-15(22)18-7-11(20)6-12(21)8-18/h1-4,11-13,20-21H,5-9,17H2. The Kier molecular flexibility index (Phi) is 4.34. The minimum Gasteiger partial charge on any atom is -0.391 e. The van der Waals surface area contributed by atoms with Crippen molar-refractivity contribution in [1.29, 1.82) is 0 Å². The topological polar surface area (TPSA) is 107 Å². The minimum atomic E-state index is -0.741. The molecule has 0 aliphatic carbocycles. The summed E-state index contributed by atoms with van der Waals surface area (Å²) in [7, 11) is 0. The SMILES string of the molecule is NC1Cc2ccccc2N(CC(=O)N2CC(O)CC(O)C2)C1=O. The number of likely N-dealkylation sites (tertiary alicyclic amines) is 1. The third-order valence-corrected chi connectivity index (χ3v) is 4.36. The number of amides is 2. The van der Waals surface area contributed by atoms with Gasteiger partial charge in [0.1, 0.15) is 6.54 Å². The molecule has 0 spiro atoms. The number of fused-ring (bicyclic) bond motifs is 1. The molecule has 3 rings (SSSR count). The first-order chi connectivity index (χ1) is 11.0. The molecular weight excluding hydrogens is 298 g/mol. The Morgan fingerprint density at radius 2 is 1.87 bits per heavy atom. The van der Waals surface area contributed by atoms with Crippen LogP contribution in [-0.4, -0.2) is 64.8 Å². The molecule has 1 aromatic carbocycles. The molecule has 2 heterocycles. The number of carbonyl (C=O) groups is 2. The van der Waals surface area contributed by atoms with Gasteiger partial charge in [0, 0.05) is 25.2 Å². The fraction of sp³-hybridized carbons (Fsp3) is 0.500. The van der Waals surface area contributed by atoms with Crippen LogP contribution in [-0.2, 0) is 16.0 Å². The highest BCUT2D eigenvalue weighted by Gasteiger charge is 2.34. The Hall–Kier alpha value is -1.96. The number of hydrogen-bond donors (Lipinski definition) is 3. The number of nitrogens with zero attached hydrogens (tertiary/aromatic N) is 2. The molecule has 0 aromatic heterocycles. The van der Waals surface area contributed by atoms with Crippen LogP contribution in [0.25, 0.3) is 0 Å². The van der Waals surface area contributed by atoms with Crippen molar-refractivity contribution in [3.8, 4) is 0 Å². The molecule has 1 aromatic rings. The zero-order valence-corrected chi connectivity index (χ0v) is 12.8. The number of nitrogens with two attached hydrogens (primary N) is 1. The molecule has 3 atom stereocenters. The van der Waals surface area contributed by atoms with Crippen molar-refractivity contribution in [3.63, 3.8) is 0 Å². The molecule has 0 bridgehead atoms. The smallest absolute Gasteiger partial charge is 0.244 e. The van der Waals surface area contributed by atoms with Gasteiger partial charge in [-0.3, -0.25) is 9.59 Å². The molecule has 2 aliphatic rings. The van der Waals surface area contributed by atoms with Crippen molar-refractivity contribution < 1.29 is 19.8 Å². The van der Waals surface area contributed by atoms with E-state index >= 15 is 0 Å². The lowest BCUT2D eigenvalue weighted by Gasteiger charge is -2.37. The predicted octanol–water partition coefficient (Wildman–Crippen LogP) is -1.14. The predicted molar refractivity (Wildman–Crippen MR) is 83.7 cm³/mol. The van der Waals surface area contributed by atoms with Gasteiger partial charge in [-0.1, -0.05) is 18.2 Å². The molecule has 2 amide bonds. The van der Waals surface area contributed by atoms with Crippen molar-refractivity contribution in [3.05, 3.63) is 29.8 Å². The summed E-state index contributed by atoms with van der Waals surface area (Å²) < 4.78 is 0. The van der Waals surface area contributed by atoms with E-state index in [1.807, 2.05) is 18.2 Å². The van der Waals surface area contributed by atoms with Crippen molar-refractivity contribution in [2.75, 3.05) is 24.5 Å². The van der Waals surface area contributed by atoms with Gasteiger partial charge >= 0.3 is 0 Å². The van der Waals surface area contributed by atoms with Gasteiger partial charge < -0.3 is 25.7 Å². The van der Waals surface area contributed by atoms with E-state index in [2.05, 4.69) is 0 Å². The van der Waals surface area contributed by atoms with E-state index in [4.69, 9.17) is 5.73 Å². The first-order valence-electron chi connectivity index (χ1n) is 7.74. The molecule has 0 saturated carbocycles. The lowest BCUT2D eigenvalue weighted by Crippen LogP contribution is -2.55. The van der Waals surface area contributed by atoms with E-state index in [-0.39, 0.29) is 37.9 Å². The largest absolute Gasteiger partial charge is 0.391 e. The molecule has 0 radical (unpaired) electrons. The van der Waals surface area contributed by atoms with Gasteiger partial charge in [0.15, 0.2) is 0 Å². The second-order valence-corrected chi connectivity index (χ2v) is 6.21. The summed E-state index contributed by atoms with van der Waals surface area (Å²) >= 11 is 0. The number of aliphatic hydroxyl groups excluding tert-OH is 2. The van der Waals surface area contributed by atoms with E-state index in [0.717, 1.165) is 5.56 Å². The first kappa shape index (κ1) is 15.9. The summed E-state index contributed by atoms with van der Waals surface area (Å²) in [4.78, 5) is 27.7. The lowest BCUT2D eigenvalue weighted by molar-refractivity contribution is -0.137. The number of β-amino-alcohol motifs (C(OH)–C–C–N with tert-alkyl or cyclic N) is 2. The molecule has 1 saturated heterocycles. The Labute approximate surface area is 134 Å². The van der Waals surface area contributed by atoms with Crippen LogP contribution in [0, 0.1) is 0 Å². The number of aliphatic hydroxyl groups is 2. The van der Waals surface area contributed by atoms with Gasteiger partial charge in [0.2, 0.25) is 11.8 Å². The lowest BCUT2D eigenvalue weighted by atomic mass is 9.97. The highest BCUT2D eigenvalue weighted by molar-refractivity contribution is 6.03. The van der Waals surface area contributed by atoms with Crippen LogP contribution >= 0.6 is 0 Å². The van der Waals surface area contributed by atoms with Gasteiger partial charge in [-0.2, -0.15) is 0 Å². The second-order valence-electron chi connectivity index (χ2n) is 6.21. The summed E-state index contributed by atoms with van der Waals surface area (Å²) in [5, 5.41) is 19.4. The van der Waals surface area contributed by atoms with E-state index in [1.165, 1.54) is 9.80 Å². The highest BCUT2D eigenvalue weighted by atomic mass is 16.3. The summed E-state index contributed by atoms with van der Waals surface area (Å²) in [6, 6.07) is 6.73. The fourth-order valence-electron chi connectivity index (χ4n) is 3.24. The molecule has 2 aliphatic heterocycles. The van der Waals surface area contributed by atoms with Crippen LogP contribution in [0.2, 0.25) is 0 Å². The van der Waals surface area contributed by atoms with Gasteiger partial charge in [-0.05, 0) is 18.1 Å². The van der Waals surface area contributed by atoms with Crippen molar-refractivity contribution in [1.82, 2.24) is 4.90 Å². The maximum absolute atomic E-state index is 12.5. The Morgan fingerprint density at radius 1 is 1.22 bits per heavy atom. The summed E-state index contributed by atoms with van der Waals surface area (Å²) in [5.41, 5.74) is 7.52. The molecule has 1 fully saturated rings. The van der Waals surface area contributed by atoms with Gasteiger partial charge in [0.25, 0.3) is 0 Å². The Morgan fingerprint density at radius 3 is 2.57 bits per heavy atom. The molecule has 124 valence electrons. The summed E-state index contributed by atoms with van der Waals surface area (Å²) in [5.74, 6) is -0.588. The van der Waals surface area contributed by atoms with Crippen LogP contribution < -0.4 is 10.6 Å². The van der Waals surface area contributed by atoms with Crippen LogP contribution in [0.1, 0.15) is 12.0 Å². The monoisotopic (exact) mass is 319 g/mol. The number of para-hydroxylation sites is 1. The third kappa shape index (κ3) is 3.21. The number of carbonyl (C=O) groups excluding carboxylic acids is 2. The van der Waals surface area contributed by atoms with Crippen molar-refractivity contribution >= 4 is 17.5 Å². The second kappa shape index (κ2) is 6.27. The Bertz CT molecular complexity index is 611. The fourth-order valence-corrected chi connectivity index (χ4v) is 3.24. The van der Waals surface area contributed by atoms with Gasteiger partial charge in [0.05, 0.1) is 18.2 Å². The first-order valence-corrected chi connectivity index (χ1v) is 7.74. The van der Waals surface area contributed by atoms with Gasteiger partial charge in [-0.15, -0.1) is 0 Å². The molecular formula is C16H21N3O4. The normalized spacial score (nSPS) is 27.8. The molecule has 7 heteroatoms. The number of anilines is 1. The highest BCUT2D eigenvalue weighted by Crippen LogP contribution is 2.27. The van der Waals surface area contributed by atoms with E-state index < -0.39 is 18.2 Å². The average molecular weight is 319 g/mol. The maximum Gasteiger partial charge on any atom is 0.244 e. The average Bonchev–Trinajstić information content (AvgIpc) is 2.50. The van der Waals surface area contributed by atoms with E-state index in [1.54, 1.807) is 6.07 Å². The zero-order chi connectivity index (χ0) is 16.6. The number of piperidine rings is 1. The van der Waals surface area contributed by atoms with Crippen LogP contribution in [0.3, 0.4) is 0 Å². The molecule has 7 nitrogen and oxygen atoms in total. The minimum absolute atomic E-state index is 0.136. The van der Waals surface area contributed by atoms with E-state index in [0.29, 0.717) is 12.1 Å². The van der Waals surface area contributed by atoms with Crippen molar-refractivity contribution in [2.45, 2.75) is 31.1 Å². The molecule has 4 N–H and O–H groups in total. The maximum atomic E-state index is 12.5. The molecule has 23 heavy (non-hydrogen) atoms. The molecule has 3 unspecified atom stereocenters. The number of rotatable bonds is 2. The van der Waals surface area contributed by atoms with Crippen LogP contribution in [0.5, 0.6) is 0 Å². The van der Waals surface area contributed by atoms with E-state index in [9.17, 15) is 19.8 Å². The third-order valence-electron chi connectivity index (χ3n) is 4.36. The van der Waals surface area contributed by atoms with Crippen molar-refractivity contribution in [2.24, 2.45) is 5.73 Å². The summed E-state index contributed by atoms with van der Waals surface area (Å²) in [6.07, 6.45) is -0.760. The van der Waals surface area contributed by atoms with Gasteiger partial charge in [-0.25, -0.2) is 0 Å². The zero-order valence-electron chi connectivity index (χ0n) is 12.8. The summed E-state index contributed by atoms with van der Waals surface area (Å²) in [6.45, 7) is 0.209. The number of benzene rings is 1. The quantitative estimate of drug-likeness (QED) is 0.638. The van der Waals surface area contributed by atoms with Crippen LogP contribution in [0.4, 0.5) is 5.69 Å². The number of hydrogen-bond acceptors (Lipinski definition) is 5. The Balaban J connectivity index is 1.78.